The van der Waals surface area contributed by atoms with Crippen LogP contribution < -0.4 is 22.2 Å². The van der Waals surface area contributed by atoms with E-state index in [1.165, 1.54) is 20.9 Å². The Morgan fingerprint density at radius 3 is 1.39 bits per heavy atom. The summed E-state index contributed by atoms with van der Waals surface area (Å²) in [6.07, 6.45) is -11.8. The summed E-state index contributed by atoms with van der Waals surface area (Å²) in [6, 6.07) is 7.03. The lowest BCUT2D eigenvalue weighted by Crippen LogP contribution is -2.55. The maximum absolute atomic E-state index is 14.8. The number of rotatable bonds is 3. The van der Waals surface area contributed by atoms with Gasteiger partial charge < -0.3 is 0 Å². The minimum atomic E-state index is -5.88. The molecule has 0 aliphatic rings. The van der Waals surface area contributed by atoms with Gasteiger partial charge in [-0.2, -0.15) is 26.3 Å². The SMILES string of the molecule is Cc1ccc(C(c2ccc(C)c(-n3c(=O)c4cc5c(=O)n(C)c(=O)c5cc4c3=O)c2)(C(F)(F)F)C(F)(F)F)cc1C. The Kier molecular flexibility index (Phi) is 5.99. The van der Waals surface area contributed by atoms with E-state index in [4.69, 9.17) is 0 Å². The van der Waals surface area contributed by atoms with Gasteiger partial charge in [-0.1, -0.05) is 30.3 Å². The van der Waals surface area contributed by atoms with Crippen molar-refractivity contribution in [3.05, 3.63) is 118 Å². The van der Waals surface area contributed by atoms with E-state index in [-0.39, 0.29) is 32.7 Å². The van der Waals surface area contributed by atoms with Gasteiger partial charge in [0.1, 0.15) is 0 Å². The van der Waals surface area contributed by atoms with E-state index in [1.807, 2.05) is 0 Å². The van der Waals surface area contributed by atoms with Crippen LogP contribution in [0, 0.1) is 20.8 Å². The highest BCUT2D eigenvalue weighted by Gasteiger charge is 2.72. The highest BCUT2D eigenvalue weighted by atomic mass is 19.4. The summed E-state index contributed by atoms with van der Waals surface area (Å²) in [5, 5.41) is -0.899. The van der Waals surface area contributed by atoms with Gasteiger partial charge in [0.25, 0.3) is 22.2 Å². The molecule has 0 N–H and O–H groups in total. The topological polar surface area (TPSA) is 78.1 Å². The smallest absolute Gasteiger partial charge is 0.277 e. The van der Waals surface area contributed by atoms with Gasteiger partial charge in [-0.05, 0) is 66.8 Å². The molecule has 12 heteroatoms. The lowest BCUT2D eigenvalue weighted by atomic mass is 9.72. The fraction of sp³-hybridized carbons (Fsp3) is 0.241. The van der Waals surface area contributed by atoms with Crippen LogP contribution in [0.2, 0.25) is 0 Å². The molecule has 3 aromatic carbocycles. The van der Waals surface area contributed by atoms with Crippen LogP contribution in [-0.2, 0) is 12.5 Å². The molecule has 5 aromatic rings. The molecule has 0 aliphatic carbocycles. The Morgan fingerprint density at radius 1 is 0.537 bits per heavy atom. The lowest BCUT2D eigenvalue weighted by Gasteiger charge is -2.39. The molecule has 2 aromatic heterocycles. The molecule has 2 heterocycles. The molecule has 0 fully saturated rings. The van der Waals surface area contributed by atoms with Crippen LogP contribution in [0.4, 0.5) is 26.3 Å². The zero-order valence-electron chi connectivity index (χ0n) is 21.9. The molecule has 0 radical (unpaired) electrons. The summed E-state index contributed by atoms with van der Waals surface area (Å²) in [7, 11) is 1.21. The van der Waals surface area contributed by atoms with E-state index < -0.39 is 56.8 Å². The number of aromatic nitrogens is 2. The van der Waals surface area contributed by atoms with Crippen LogP contribution in [0.25, 0.3) is 27.2 Å². The number of alkyl halides is 6. The van der Waals surface area contributed by atoms with Gasteiger partial charge in [0.15, 0.2) is 0 Å². The summed E-state index contributed by atoms with van der Waals surface area (Å²) < 4.78 is 89.8. The Morgan fingerprint density at radius 2 is 0.951 bits per heavy atom. The molecular formula is C29H20F6N2O4. The first kappa shape index (κ1) is 28.1. The first-order valence-electron chi connectivity index (χ1n) is 12.1. The molecule has 0 atom stereocenters. The molecule has 0 unspecified atom stereocenters. The van der Waals surface area contributed by atoms with E-state index >= 15 is 0 Å². The Labute approximate surface area is 226 Å². The Hall–Kier alpha value is -4.48. The Balaban J connectivity index is 1.88. The number of halogens is 6. The highest BCUT2D eigenvalue weighted by molar-refractivity contribution is 5.98. The van der Waals surface area contributed by atoms with Gasteiger partial charge in [0.2, 0.25) is 5.41 Å². The van der Waals surface area contributed by atoms with Crippen LogP contribution in [0.1, 0.15) is 27.8 Å². The van der Waals surface area contributed by atoms with Crippen molar-refractivity contribution in [3.8, 4) is 5.69 Å². The fourth-order valence-electron chi connectivity index (χ4n) is 5.35. The van der Waals surface area contributed by atoms with Crippen molar-refractivity contribution in [2.45, 2.75) is 38.5 Å². The largest absolute Gasteiger partial charge is 0.411 e. The number of fused-ring (bicyclic) bond motifs is 2. The van der Waals surface area contributed by atoms with Gasteiger partial charge in [-0.25, -0.2) is 4.57 Å². The zero-order chi connectivity index (χ0) is 30.4. The monoisotopic (exact) mass is 574 g/mol. The fourth-order valence-corrected chi connectivity index (χ4v) is 5.35. The maximum atomic E-state index is 14.8. The second-order valence-electron chi connectivity index (χ2n) is 10.1. The summed E-state index contributed by atoms with van der Waals surface area (Å²) in [6.45, 7) is 4.26. The van der Waals surface area contributed by atoms with Gasteiger partial charge in [0.05, 0.1) is 27.2 Å². The average molecular weight is 574 g/mol. The summed E-state index contributed by atoms with van der Waals surface area (Å²) in [5.41, 5.74) is -10.1. The third kappa shape index (κ3) is 3.72. The van der Waals surface area contributed by atoms with Crippen molar-refractivity contribution < 1.29 is 26.3 Å². The van der Waals surface area contributed by atoms with E-state index in [0.717, 1.165) is 41.0 Å². The number of aryl methyl sites for hydroxylation is 3. The number of hydrogen-bond acceptors (Lipinski definition) is 4. The van der Waals surface area contributed by atoms with Crippen LogP contribution in [0.5, 0.6) is 0 Å². The van der Waals surface area contributed by atoms with Crippen molar-refractivity contribution in [3.63, 3.8) is 0 Å². The van der Waals surface area contributed by atoms with Gasteiger partial charge in [0, 0.05) is 7.05 Å². The van der Waals surface area contributed by atoms with E-state index in [0.29, 0.717) is 22.3 Å². The molecule has 212 valence electrons. The zero-order valence-corrected chi connectivity index (χ0v) is 21.9. The predicted molar refractivity (Wildman–Crippen MR) is 141 cm³/mol. The van der Waals surface area contributed by atoms with E-state index in [1.54, 1.807) is 6.92 Å². The first-order valence-corrected chi connectivity index (χ1v) is 12.1. The van der Waals surface area contributed by atoms with Crippen molar-refractivity contribution in [2.24, 2.45) is 7.05 Å². The van der Waals surface area contributed by atoms with Gasteiger partial charge >= 0.3 is 12.4 Å². The molecule has 0 bridgehead atoms. The minimum absolute atomic E-state index is 0.0426. The third-order valence-electron chi connectivity index (χ3n) is 7.77. The summed E-state index contributed by atoms with van der Waals surface area (Å²) in [5.74, 6) is 0. The standard InChI is InChI=1S/C29H20F6N2O4/c1-13-5-7-16(9-15(13)3)27(28(30,31)32,29(33,34)35)17-8-6-14(2)22(10-17)37-25(40)20-11-18-19(12-21(20)26(37)41)24(39)36(4)23(18)38/h5-12H,1-4H3. The van der Waals surface area contributed by atoms with Crippen molar-refractivity contribution >= 4 is 21.5 Å². The maximum Gasteiger partial charge on any atom is 0.411 e. The van der Waals surface area contributed by atoms with Crippen molar-refractivity contribution in [1.29, 1.82) is 0 Å². The lowest BCUT2D eigenvalue weighted by molar-refractivity contribution is -0.288. The summed E-state index contributed by atoms with van der Waals surface area (Å²) >= 11 is 0. The van der Waals surface area contributed by atoms with Crippen LogP contribution in [0.3, 0.4) is 0 Å². The average Bonchev–Trinajstić information content (AvgIpc) is 3.24. The first-order chi connectivity index (χ1) is 18.9. The number of benzene rings is 3. The third-order valence-corrected chi connectivity index (χ3v) is 7.77. The second kappa shape index (κ2) is 8.76. The van der Waals surface area contributed by atoms with Crippen LogP contribution in [-0.4, -0.2) is 21.5 Å². The normalized spacial score (nSPS) is 13.0. The van der Waals surface area contributed by atoms with Crippen molar-refractivity contribution in [2.75, 3.05) is 0 Å². The molecule has 5 rings (SSSR count). The van der Waals surface area contributed by atoms with Crippen LogP contribution >= 0.6 is 0 Å². The molecule has 0 aliphatic heterocycles. The minimum Gasteiger partial charge on any atom is -0.277 e. The van der Waals surface area contributed by atoms with E-state index in [9.17, 15) is 45.5 Å². The molecule has 0 saturated heterocycles. The quantitative estimate of drug-likeness (QED) is 0.291. The van der Waals surface area contributed by atoms with Gasteiger partial charge in [-0.15, -0.1) is 0 Å². The van der Waals surface area contributed by atoms with Gasteiger partial charge in [-0.3, -0.25) is 23.7 Å². The molecule has 0 amide bonds. The van der Waals surface area contributed by atoms with E-state index in [2.05, 4.69) is 0 Å². The molecule has 0 spiro atoms. The molecule has 0 saturated carbocycles. The highest BCUT2D eigenvalue weighted by Crippen LogP contribution is 2.56. The number of hydrogen-bond donors (Lipinski definition) is 0. The van der Waals surface area contributed by atoms with Crippen molar-refractivity contribution in [1.82, 2.24) is 9.13 Å². The summed E-state index contributed by atoms with van der Waals surface area (Å²) in [4.78, 5) is 51.6. The predicted octanol–water partition coefficient (Wildman–Crippen LogP) is 4.77. The number of nitrogens with zero attached hydrogens (tertiary/aromatic N) is 2. The molecule has 41 heavy (non-hydrogen) atoms. The molecule has 6 nitrogen and oxygen atoms in total. The molecular weight excluding hydrogens is 554 g/mol. The van der Waals surface area contributed by atoms with Crippen LogP contribution in [0.15, 0.2) is 67.7 Å². The Bertz CT molecular complexity index is 2020. The second-order valence-corrected chi connectivity index (χ2v) is 10.1.